The summed E-state index contributed by atoms with van der Waals surface area (Å²) in [6, 6.07) is 4.58. The molecular weight excluding hydrogens is 246 g/mol. The Bertz CT molecular complexity index is 566. The molecule has 1 heterocycles. The molecule has 0 saturated heterocycles. The average molecular weight is 261 g/mol. The molecular formula is C13H15N3O3. The highest BCUT2D eigenvalue weighted by Crippen LogP contribution is 2.18. The van der Waals surface area contributed by atoms with Gasteiger partial charge in [0.1, 0.15) is 12.4 Å². The summed E-state index contributed by atoms with van der Waals surface area (Å²) >= 11 is 0. The summed E-state index contributed by atoms with van der Waals surface area (Å²) in [5, 5.41) is 2.44. The molecule has 6 nitrogen and oxygen atoms in total. The number of aliphatic imine (C=N–C) groups is 1. The van der Waals surface area contributed by atoms with Crippen molar-refractivity contribution in [1.82, 2.24) is 5.32 Å². The maximum absolute atomic E-state index is 11.4. The van der Waals surface area contributed by atoms with Crippen LogP contribution in [-0.4, -0.2) is 30.3 Å². The SMILES string of the molecule is Cc1ccc(C)c(OCC2=NC(=O)C(N)C(=O)N2)c1. The first-order valence-electron chi connectivity index (χ1n) is 5.85. The van der Waals surface area contributed by atoms with Gasteiger partial charge in [-0.3, -0.25) is 9.59 Å². The Labute approximate surface area is 110 Å². The molecule has 1 aliphatic heterocycles. The second-order valence-electron chi connectivity index (χ2n) is 4.42. The molecule has 0 bridgehead atoms. The molecule has 1 aliphatic rings. The van der Waals surface area contributed by atoms with Gasteiger partial charge in [-0.25, -0.2) is 0 Å². The number of nitrogens with one attached hydrogen (secondary N) is 1. The average Bonchev–Trinajstić information content (AvgIpc) is 2.37. The normalized spacial score (nSPS) is 18.9. The lowest BCUT2D eigenvalue weighted by atomic mass is 10.1. The first kappa shape index (κ1) is 13.2. The Kier molecular flexibility index (Phi) is 3.62. The number of carbonyl (C=O) groups is 2. The number of hydrogen-bond donors (Lipinski definition) is 2. The Balaban J connectivity index is 2.07. The van der Waals surface area contributed by atoms with Crippen LogP contribution < -0.4 is 15.8 Å². The monoisotopic (exact) mass is 261 g/mol. The predicted molar refractivity (Wildman–Crippen MR) is 70.0 cm³/mol. The van der Waals surface area contributed by atoms with Crippen molar-refractivity contribution in [2.45, 2.75) is 19.9 Å². The molecule has 1 aromatic carbocycles. The van der Waals surface area contributed by atoms with E-state index in [1.165, 1.54) is 0 Å². The minimum absolute atomic E-state index is 0.0223. The van der Waals surface area contributed by atoms with Crippen LogP contribution in [0.4, 0.5) is 0 Å². The van der Waals surface area contributed by atoms with Crippen LogP contribution in [0.25, 0.3) is 0 Å². The van der Waals surface area contributed by atoms with Crippen LogP contribution in [-0.2, 0) is 9.59 Å². The van der Waals surface area contributed by atoms with Crippen molar-refractivity contribution in [2.75, 3.05) is 6.61 Å². The summed E-state index contributed by atoms with van der Waals surface area (Å²) < 4.78 is 5.55. The van der Waals surface area contributed by atoms with Gasteiger partial charge >= 0.3 is 0 Å². The number of amides is 2. The fourth-order valence-electron chi connectivity index (χ4n) is 1.64. The summed E-state index contributed by atoms with van der Waals surface area (Å²) in [5.41, 5.74) is 7.36. The molecule has 0 spiro atoms. The van der Waals surface area contributed by atoms with Gasteiger partial charge in [0.05, 0.1) is 0 Å². The molecule has 19 heavy (non-hydrogen) atoms. The second kappa shape index (κ2) is 5.19. The largest absolute Gasteiger partial charge is 0.485 e. The van der Waals surface area contributed by atoms with Crippen LogP contribution in [0.15, 0.2) is 23.2 Å². The Morgan fingerprint density at radius 3 is 2.79 bits per heavy atom. The van der Waals surface area contributed by atoms with Crippen molar-refractivity contribution in [1.29, 1.82) is 0 Å². The molecule has 6 heteroatoms. The number of nitrogens with zero attached hydrogens (tertiary/aromatic N) is 1. The van der Waals surface area contributed by atoms with Crippen molar-refractivity contribution in [3.8, 4) is 5.75 Å². The number of carbonyl (C=O) groups excluding carboxylic acids is 2. The molecule has 1 aromatic rings. The molecule has 0 saturated carbocycles. The third-order valence-corrected chi connectivity index (χ3v) is 2.77. The van der Waals surface area contributed by atoms with Crippen molar-refractivity contribution in [3.05, 3.63) is 29.3 Å². The van der Waals surface area contributed by atoms with Crippen LogP contribution in [0.5, 0.6) is 5.75 Å². The zero-order chi connectivity index (χ0) is 14.0. The first-order chi connectivity index (χ1) is 8.97. The first-order valence-corrected chi connectivity index (χ1v) is 5.85. The van der Waals surface area contributed by atoms with Gasteiger partial charge in [0.15, 0.2) is 11.9 Å². The number of amidine groups is 1. The van der Waals surface area contributed by atoms with Crippen LogP contribution in [0.1, 0.15) is 11.1 Å². The molecule has 0 aromatic heterocycles. The van der Waals surface area contributed by atoms with Crippen molar-refractivity contribution in [2.24, 2.45) is 10.7 Å². The summed E-state index contributed by atoms with van der Waals surface area (Å²) in [6.07, 6.45) is 0. The topological polar surface area (TPSA) is 93.8 Å². The standard InChI is InChI=1S/C13H15N3O3/c1-7-3-4-8(2)9(5-7)19-6-10-15-12(17)11(14)13(18)16-10/h3-5,11H,6,14H2,1-2H3,(H,15,16,17,18). The fourth-order valence-corrected chi connectivity index (χ4v) is 1.64. The predicted octanol–water partition coefficient (Wildman–Crippen LogP) is 0.0644. The van der Waals surface area contributed by atoms with Crippen molar-refractivity contribution in [3.63, 3.8) is 0 Å². The van der Waals surface area contributed by atoms with E-state index in [1.54, 1.807) is 0 Å². The van der Waals surface area contributed by atoms with Gasteiger partial charge < -0.3 is 15.8 Å². The van der Waals surface area contributed by atoms with Gasteiger partial charge in [-0.05, 0) is 31.0 Å². The van der Waals surface area contributed by atoms with Gasteiger partial charge in [-0.2, -0.15) is 4.99 Å². The maximum atomic E-state index is 11.4. The second-order valence-corrected chi connectivity index (χ2v) is 4.42. The van der Waals surface area contributed by atoms with E-state index in [-0.39, 0.29) is 12.4 Å². The molecule has 2 rings (SSSR count). The van der Waals surface area contributed by atoms with E-state index in [1.807, 2.05) is 32.0 Å². The highest BCUT2D eigenvalue weighted by Gasteiger charge is 2.28. The molecule has 100 valence electrons. The zero-order valence-corrected chi connectivity index (χ0v) is 10.8. The van der Waals surface area contributed by atoms with Gasteiger partial charge in [-0.1, -0.05) is 12.1 Å². The smallest absolute Gasteiger partial charge is 0.274 e. The van der Waals surface area contributed by atoms with E-state index < -0.39 is 17.9 Å². The fraction of sp³-hybridized carbons (Fsp3) is 0.308. The van der Waals surface area contributed by atoms with Crippen LogP contribution in [0.3, 0.4) is 0 Å². The summed E-state index contributed by atoms with van der Waals surface area (Å²) in [7, 11) is 0. The molecule has 0 radical (unpaired) electrons. The highest BCUT2D eigenvalue weighted by atomic mass is 16.5. The number of ether oxygens (including phenoxy) is 1. The summed E-state index contributed by atoms with van der Waals surface area (Å²) in [4.78, 5) is 26.3. The third kappa shape index (κ3) is 2.97. The lowest BCUT2D eigenvalue weighted by Crippen LogP contribution is -2.53. The van der Waals surface area contributed by atoms with Crippen LogP contribution >= 0.6 is 0 Å². The molecule has 1 atom stereocenters. The van der Waals surface area contributed by atoms with Gasteiger partial charge in [-0.15, -0.1) is 0 Å². The third-order valence-electron chi connectivity index (χ3n) is 2.77. The van der Waals surface area contributed by atoms with Crippen molar-refractivity contribution < 1.29 is 14.3 Å². The van der Waals surface area contributed by atoms with Gasteiger partial charge in [0.25, 0.3) is 11.8 Å². The minimum Gasteiger partial charge on any atom is -0.485 e. The Hall–Kier alpha value is -2.21. The number of rotatable bonds is 3. The Morgan fingerprint density at radius 2 is 2.11 bits per heavy atom. The number of hydrogen-bond acceptors (Lipinski definition) is 4. The van der Waals surface area contributed by atoms with E-state index in [9.17, 15) is 9.59 Å². The number of nitrogens with two attached hydrogens (primary N) is 1. The number of benzene rings is 1. The molecule has 2 amide bonds. The lowest BCUT2D eigenvalue weighted by Gasteiger charge is -2.17. The van der Waals surface area contributed by atoms with E-state index in [2.05, 4.69) is 10.3 Å². The number of aryl methyl sites for hydroxylation is 2. The molecule has 3 N–H and O–H groups in total. The van der Waals surface area contributed by atoms with Gasteiger partial charge in [0.2, 0.25) is 0 Å². The van der Waals surface area contributed by atoms with E-state index in [0.29, 0.717) is 5.75 Å². The minimum atomic E-state index is -1.22. The quantitative estimate of drug-likeness (QED) is 0.752. The van der Waals surface area contributed by atoms with E-state index >= 15 is 0 Å². The summed E-state index contributed by atoms with van der Waals surface area (Å²) in [5.74, 6) is -0.334. The van der Waals surface area contributed by atoms with Crippen LogP contribution in [0.2, 0.25) is 0 Å². The molecule has 0 aliphatic carbocycles. The van der Waals surface area contributed by atoms with E-state index in [0.717, 1.165) is 11.1 Å². The molecule has 1 unspecified atom stereocenters. The summed E-state index contributed by atoms with van der Waals surface area (Å²) in [6.45, 7) is 3.89. The van der Waals surface area contributed by atoms with Crippen LogP contribution in [0, 0.1) is 13.8 Å². The van der Waals surface area contributed by atoms with Gasteiger partial charge in [0, 0.05) is 0 Å². The molecule has 0 fully saturated rings. The highest BCUT2D eigenvalue weighted by molar-refractivity contribution is 6.18. The van der Waals surface area contributed by atoms with E-state index in [4.69, 9.17) is 10.5 Å². The lowest BCUT2D eigenvalue weighted by molar-refractivity contribution is -0.129. The zero-order valence-electron chi connectivity index (χ0n) is 10.8. The Morgan fingerprint density at radius 1 is 1.37 bits per heavy atom. The maximum Gasteiger partial charge on any atom is 0.274 e. The van der Waals surface area contributed by atoms with Crippen molar-refractivity contribution >= 4 is 17.6 Å².